The normalized spacial score (nSPS) is 17.9. The Morgan fingerprint density at radius 3 is 2.32 bits per heavy atom. The molecule has 0 bridgehead atoms. The summed E-state index contributed by atoms with van der Waals surface area (Å²) in [5, 5.41) is 3.21. The number of hydrogen-bond donors (Lipinski definition) is 1. The summed E-state index contributed by atoms with van der Waals surface area (Å²) in [7, 11) is -3.48. The molecule has 0 spiro atoms. The summed E-state index contributed by atoms with van der Waals surface area (Å²) in [6.07, 6.45) is 5.37. The Bertz CT molecular complexity index is 667. The number of carbonyl (C=O) groups is 1. The van der Waals surface area contributed by atoms with E-state index in [0.717, 1.165) is 25.7 Å². The first-order chi connectivity index (χ1) is 11.8. The molecule has 1 aliphatic heterocycles. The predicted octanol–water partition coefficient (Wildman–Crippen LogP) is 2.65. The van der Waals surface area contributed by atoms with Crippen molar-refractivity contribution in [3.8, 4) is 0 Å². The number of hydrogen-bond acceptors (Lipinski definition) is 5. The Morgan fingerprint density at radius 2 is 1.80 bits per heavy atom. The van der Waals surface area contributed by atoms with Crippen LogP contribution in [0.15, 0.2) is 28.3 Å². The smallest absolute Gasteiger partial charge is 0.244 e. The maximum absolute atomic E-state index is 12.7. The van der Waals surface area contributed by atoms with Crippen LogP contribution in [0.5, 0.6) is 0 Å². The van der Waals surface area contributed by atoms with Crippen LogP contribution < -0.4 is 5.32 Å². The molecule has 0 aliphatic carbocycles. The lowest BCUT2D eigenvalue weighted by molar-refractivity contribution is -0.120. The van der Waals surface area contributed by atoms with Crippen LogP contribution in [0.2, 0.25) is 0 Å². The van der Waals surface area contributed by atoms with Crippen LogP contribution in [-0.4, -0.2) is 48.0 Å². The zero-order chi connectivity index (χ0) is 18.4. The van der Waals surface area contributed by atoms with Gasteiger partial charge in [0.2, 0.25) is 15.9 Å². The fourth-order valence-corrected chi connectivity index (χ4v) is 4.92. The fourth-order valence-electron chi connectivity index (χ4n) is 2.66. The Labute approximate surface area is 154 Å². The SMILES string of the molecule is CC(C)NC(=O)C(C)Sc1ccc(S(=O)(=O)N2CCCCCC2)cn1. The van der Waals surface area contributed by atoms with E-state index in [0.29, 0.717) is 18.1 Å². The first-order valence-electron chi connectivity index (χ1n) is 8.74. The van der Waals surface area contributed by atoms with Crippen LogP contribution in [0, 0.1) is 0 Å². The van der Waals surface area contributed by atoms with E-state index in [1.807, 2.05) is 20.8 Å². The molecule has 1 unspecified atom stereocenters. The summed E-state index contributed by atoms with van der Waals surface area (Å²) in [6, 6.07) is 3.35. The first kappa shape index (κ1) is 20.2. The number of aromatic nitrogens is 1. The molecule has 1 N–H and O–H groups in total. The highest BCUT2D eigenvalue weighted by Gasteiger charge is 2.25. The molecule has 0 aromatic carbocycles. The van der Waals surface area contributed by atoms with E-state index in [1.165, 1.54) is 18.0 Å². The summed E-state index contributed by atoms with van der Waals surface area (Å²) in [5.41, 5.74) is 0. The van der Waals surface area contributed by atoms with Gasteiger partial charge >= 0.3 is 0 Å². The standard InChI is InChI=1S/C17H27N3O3S2/c1-13(2)19-17(21)14(3)24-16-9-8-15(12-18-16)25(22,23)20-10-6-4-5-7-11-20/h8-9,12-14H,4-7,10-11H2,1-3H3,(H,19,21). The van der Waals surface area contributed by atoms with Crippen molar-refractivity contribution in [1.29, 1.82) is 0 Å². The molecule has 2 rings (SSSR count). The molecular formula is C17H27N3O3S2. The summed E-state index contributed by atoms with van der Waals surface area (Å²) >= 11 is 1.32. The molecular weight excluding hydrogens is 358 g/mol. The van der Waals surface area contributed by atoms with Crippen molar-refractivity contribution >= 4 is 27.7 Å². The topological polar surface area (TPSA) is 79.4 Å². The lowest BCUT2D eigenvalue weighted by atomic mass is 10.2. The highest BCUT2D eigenvalue weighted by molar-refractivity contribution is 8.00. The van der Waals surface area contributed by atoms with Crippen LogP contribution in [0.25, 0.3) is 0 Å². The molecule has 1 aliphatic rings. The monoisotopic (exact) mass is 385 g/mol. The van der Waals surface area contributed by atoms with Crippen LogP contribution in [0.1, 0.15) is 46.5 Å². The highest BCUT2D eigenvalue weighted by atomic mass is 32.2. The van der Waals surface area contributed by atoms with Crippen LogP contribution in [0.4, 0.5) is 0 Å². The first-order valence-corrected chi connectivity index (χ1v) is 11.1. The molecule has 8 heteroatoms. The summed E-state index contributed by atoms with van der Waals surface area (Å²) in [5.74, 6) is -0.0527. The van der Waals surface area contributed by atoms with E-state index in [9.17, 15) is 13.2 Å². The number of rotatable bonds is 6. The molecule has 1 atom stereocenters. The average Bonchev–Trinajstić information content (AvgIpc) is 2.84. The predicted molar refractivity (Wildman–Crippen MR) is 100 cm³/mol. The lowest BCUT2D eigenvalue weighted by Gasteiger charge is -2.20. The highest BCUT2D eigenvalue weighted by Crippen LogP contribution is 2.24. The minimum Gasteiger partial charge on any atom is -0.353 e. The van der Waals surface area contributed by atoms with Gasteiger partial charge in [0.25, 0.3) is 0 Å². The third kappa shape index (κ3) is 5.69. The van der Waals surface area contributed by atoms with Gasteiger partial charge in [0.05, 0.1) is 10.3 Å². The third-order valence-corrected chi connectivity index (χ3v) is 6.94. The van der Waals surface area contributed by atoms with Crippen LogP contribution >= 0.6 is 11.8 Å². The van der Waals surface area contributed by atoms with Crippen molar-refractivity contribution in [1.82, 2.24) is 14.6 Å². The largest absolute Gasteiger partial charge is 0.353 e. The van der Waals surface area contributed by atoms with E-state index in [-0.39, 0.29) is 22.1 Å². The molecule has 6 nitrogen and oxygen atoms in total. The van der Waals surface area contributed by atoms with E-state index < -0.39 is 10.0 Å². The van der Waals surface area contributed by atoms with Gasteiger partial charge in [0.1, 0.15) is 4.90 Å². The number of pyridine rings is 1. The Kier molecular flexibility index (Phi) is 7.27. The zero-order valence-corrected chi connectivity index (χ0v) is 16.7. The molecule has 0 radical (unpaired) electrons. The van der Waals surface area contributed by atoms with Gasteiger partial charge in [0, 0.05) is 25.3 Å². The van der Waals surface area contributed by atoms with Gasteiger partial charge in [-0.1, -0.05) is 24.6 Å². The Balaban J connectivity index is 2.04. The minimum atomic E-state index is -3.48. The Morgan fingerprint density at radius 1 is 1.16 bits per heavy atom. The lowest BCUT2D eigenvalue weighted by Crippen LogP contribution is -2.35. The number of nitrogens with zero attached hydrogens (tertiary/aromatic N) is 2. The van der Waals surface area contributed by atoms with E-state index >= 15 is 0 Å². The summed E-state index contributed by atoms with van der Waals surface area (Å²) in [4.78, 5) is 16.4. The van der Waals surface area contributed by atoms with E-state index in [4.69, 9.17) is 0 Å². The molecule has 1 amide bonds. The van der Waals surface area contributed by atoms with Crippen molar-refractivity contribution in [2.45, 2.75) is 67.7 Å². The molecule has 0 saturated carbocycles. The second-order valence-corrected chi connectivity index (χ2v) is 9.87. The average molecular weight is 386 g/mol. The van der Waals surface area contributed by atoms with Crippen molar-refractivity contribution in [3.05, 3.63) is 18.3 Å². The van der Waals surface area contributed by atoms with Crippen molar-refractivity contribution in [3.63, 3.8) is 0 Å². The number of amides is 1. The van der Waals surface area contributed by atoms with Gasteiger partial charge in [-0.2, -0.15) is 4.31 Å². The van der Waals surface area contributed by atoms with Gasteiger partial charge in [-0.15, -0.1) is 0 Å². The number of carbonyl (C=O) groups excluding carboxylic acids is 1. The number of nitrogens with one attached hydrogen (secondary N) is 1. The van der Waals surface area contributed by atoms with Crippen LogP contribution in [-0.2, 0) is 14.8 Å². The van der Waals surface area contributed by atoms with Gasteiger partial charge in [-0.25, -0.2) is 13.4 Å². The number of thioether (sulfide) groups is 1. The van der Waals surface area contributed by atoms with Gasteiger partial charge < -0.3 is 5.32 Å². The van der Waals surface area contributed by atoms with Gasteiger partial charge in [-0.3, -0.25) is 4.79 Å². The molecule has 1 fully saturated rings. The maximum atomic E-state index is 12.7. The second-order valence-electron chi connectivity index (χ2n) is 6.57. The zero-order valence-electron chi connectivity index (χ0n) is 15.1. The van der Waals surface area contributed by atoms with E-state index in [2.05, 4.69) is 10.3 Å². The van der Waals surface area contributed by atoms with Crippen LogP contribution in [0.3, 0.4) is 0 Å². The third-order valence-electron chi connectivity index (χ3n) is 4.01. The maximum Gasteiger partial charge on any atom is 0.244 e. The summed E-state index contributed by atoms with van der Waals surface area (Å²) in [6.45, 7) is 6.79. The fraction of sp³-hybridized carbons (Fsp3) is 0.647. The van der Waals surface area contributed by atoms with Gasteiger partial charge in [-0.05, 0) is 45.7 Å². The molecule has 1 aromatic rings. The Hall–Kier alpha value is -1.12. The molecule has 25 heavy (non-hydrogen) atoms. The molecule has 1 saturated heterocycles. The van der Waals surface area contributed by atoms with Crippen molar-refractivity contribution in [2.75, 3.05) is 13.1 Å². The van der Waals surface area contributed by atoms with E-state index in [1.54, 1.807) is 16.4 Å². The summed E-state index contributed by atoms with van der Waals surface area (Å²) < 4.78 is 27.0. The van der Waals surface area contributed by atoms with Gasteiger partial charge in [0.15, 0.2) is 0 Å². The molecule has 140 valence electrons. The molecule has 1 aromatic heterocycles. The van der Waals surface area contributed by atoms with Crippen molar-refractivity contribution in [2.24, 2.45) is 0 Å². The van der Waals surface area contributed by atoms with Crippen molar-refractivity contribution < 1.29 is 13.2 Å². The second kappa shape index (κ2) is 9.00. The number of sulfonamides is 1. The quantitative estimate of drug-likeness (QED) is 0.762. The molecule has 2 heterocycles. The minimum absolute atomic E-state index is 0.0527.